The molecule has 4 heteroatoms. The summed E-state index contributed by atoms with van der Waals surface area (Å²) in [7, 11) is -3.42. The van der Waals surface area contributed by atoms with Gasteiger partial charge in [-0.25, -0.2) is 13.1 Å². The highest BCUT2D eigenvalue weighted by molar-refractivity contribution is 7.89. The lowest BCUT2D eigenvalue weighted by Crippen LogP contribution is -2.25. The Balaban J connectivity index is 2.57. The van der Waals surface area contributed by atoms with E-state index in [1.807, 2.05) is 20.8 Å². The molecule has 0 unspecified atom stereocenters. The topological polar surface area (TPSA) is 46.2 Å². The fourth-order valence-corrected chi connectivity index (χ4v) is 2.85. The summed E-state index contributed by atoms with van der Waals surface area (Å²) in [6.07, 6.45) is 6.14. The van der Waals surface area contributed by atoms with Gasteiger partial charge in [0.1, 0.15) is 0 Å². The van der Waals surface area contributed by atoms with Crippen LogP contribution < -0.4 is 4.72 Å². The van der Waals surface area contributed by atoms with Crippen molar-refractivity contribution < 1.29 is 8.42 Å². The number of hydrogen-bond acceptors (Lipinski definition) is 2. The van der Waals surface area contributed by atoms with Gasteiger partial charge in [0.25, 0.3) is 0 Å². The molecule has 3 nitrogen and oxygen atoms in total. The fourth-order valence-electron chi connectivity index (χ4n) is 1.77. The molecule has 0 aromatic heterocycles. The molecule has 21 heavy (non-hydrogen) atoms. The molecule has 0 saturated heterocycles. The maximum Gasteiger partial charge on any atom is 0.240 e. The van der Waals surface area contributed by atoms with E-state index in [1.54, 1.807) is 24.3 Å². The van der Waals surface area contributed by atoms with Gasteiger partial charge in [0, 0.05) is 6.54 Å². The zero-order valence-electron chi connectivity index (χ0n) is 13.3. The molecule has 0 amide bonds. The van der Waals surface area contributed by atoms with E-state index in [9.17, 15) is 8.42 Å². The van der Waals surface area contributed by atoms with Crippen LogP contribution >= 0.6 is 0 Å². The molecule has 116 valence electrons. The lowest BCUT2D eigenvalue weighted by molar-refractivity contribution is 0.584. The van der Waals surface area contributed by atoms with Gasteiger partial charge in [-0.3, -0.25) is 0 Å². The zero-order chi connectivity index (χ0) is 15.9. The van der Waals surface area contributed by atoms with Crippen LogP contribution in [0, 0.1) is 6.92 Å². The van der Waals surface area contributed by atoms with Gasteiger partial charge in [-0.05, 0) is 52.7 Å². The van der Waals surface area contributed by atoms with Crippen molar-refractivity contribution in [2.24, 2.45) is 0 Å². The Morgan fingerprint density at radius 2 is 1.76 bits per heavy atom. The molecule has 0 fully saturated rings. The number of rotatable bonds is 7. The van der Waals surface area contributed by atoms with Crippen molar-refractivity contribution >= 4 is 10.0 Å². The van der Waals surface area contributed by atoms with E-state index in [2.05, 4.69) is 23.8 Å². The average Bonchev–Trinajstić information content (AvgIpc) is 2.45. The quantitative estimate of drug-likeness (QED) is 0.775. The van der Waals surface area contributed by atoms with Gasteiger partial charge < -0.3 is 0 Å². The molecular formula is C17H25NO2S. The lowest BCUT2D eigenvalue weighted by Gasteiger charge is -2.07. The summed E-state index contributed by atoms with van der Waals surface area (Å²) >= 11 is 0. The molecule has 0 aliphatic heterocycles. The normalized spacial score (nSPS) is 13.5. The van der Waals surface area contributed by atoms with Crippen LogP contribution in [-0.2, 0) is 10.0 Å². The van der Waals surface area contributed by atoms with Crippen molar-refractivity contribution in [1.82, 2.24) is 4.72 Å². The van der Waals surface area contributed by atoms with Crippen LogP contribution in [0.1, 0.15) is 39.2 Å². The lowest BCUT2D eigenvalue weighted by atomic mass is 10.1. The molecule has 0 aliphatic carbocycles. The Bertz CT molecular complexity index is 611. The first kappa shape index (κ1) is 17.7. The van der Waals surface area contributed by atoms with E-state index in [-0.39, 0.29) is 0 Å². The molecule has 1 N–H and O–H groups in total. The average molecular weight is 307 g/mol. The summed E-state index contributed by atoms with van der Waals surface area (Å²) in [5.74, 6) is 0. The molecule has 1 rings (SSSR count). The second kappa shape index (κ2) is 8.15. The highest BCUT2D eigenvalue weighted by atomic mass is 32.2. The molecule has 0 radical (unpaired) electrons. The van der Waals surface area contributed by atoms with Gasteiger partial charge in [0.15, 0.2) is 0 Å². The maximum absolute atomic E-state index is 12.1. The van der Waals surface area contributed by atoms with Crippen molar-refractivity contribution in [3.8, 4) is 0 Å². The number of nitrogens with one attached hydrogen (secondary N) is 1. The van der Waals surface area contributed by atoms with E-state index in [0.717, 1.165) is 24.0 Å². The number of aryl methyl sites for hydroxylation is 1. The van der Waals surface area contributed by atoms with Crippen LogP contribution in [0.3, 0.4) is 0 Å². The molecule has 0 saturated carbocycles. The third-order valence-corrected chi connectivity index (χ3v) is 4.81. The van der Waals surface area contributed by atoms with Crippen LogP contribution in [0.25, 0.3) is 0 Å². The second-order valence-electron chi connectivity index (χ2n) is 5.36. The number of hydrogen-bond donors (Lipinski definition) is 1. The minimum Gasteiger partial charge on any atom is -0.207 e. The maximum atomic E-state index is 12.1. The Kier molecular flexibility index (Phi) is 6.85. The third kappa shape index (κ3) is 6.27. The smallest absolute Gasteiger partial charge is 0.207 e. The fraction of sp³-hybridized carbons (Fsp3) is 0.412. The van der Waals surface area contributed by atoms with Crippen molar-refractivity contribution in [1.29, 1.82) is 0 Å². The molecule has 0 spiro atoms. The van der Waals surface area contributed by atoms with Gasteiger partial charge in [0.2, 0.25) is 10.0 Å². The largest absolute Gasteiger partial charge is 0.240 e. The summed E-state index contributed by atoms with van der Waals surface area (Å²) in [4.78, 5) is 0.311. The SMILES string of the molecule is C/C=C(\C)CC/C=C(\C)CNS(=O)(=O)c1ccc(C)cc1. The van der Waals surface area contributed by atoms with E-state index >= 15 is 0 Å². The van der Waals surface area contributed by atoms with E-state index in [4.69, 9.17) is 0 Å². The summed E-state index contributed by atoms with van der Waals surface area (Å²) < 4.78 is 26.9. The standard InChI is InChI=1S/C17H25NO2S/c1-5-14(2)7-6-8-16(4)13-18-21(19,20)17-11-9-15(3)10-12-17/h5,8-12,18H,6-7,13H2,1-4H3/b14-5+,16-8+. The monoisotopic (exact) mass is 307 g/mol. The number of sulfonamides is 1. The van der Waals surface area contributed by atoms with Gasteiger partial charge in [0.05, 0.1) is 4.90 Å². The molecule has 0 heterocycles. The minimum atomic E-state index is -3.42. The van der Waals surface area contributed by atoms with Crippen LogP contribution in [0.5, 0.6) is 0 Å². The molecule has 0 atom stereocenters. The first-order valence-electron chi connectivity index (χ1n) is 7.19. The van der Waals surface area contributed by atoms with Crippen molar-refractivity contribution in [2.45, 2.75) is 45.4 Å². The minimum absolute atomic E-state index is 0.311. The predicted octanol–water partition coefficient (Wildman–Crippen LogP) is 3.97. The highest BCUT2D eigenvalue weighted by Crippen LogP contribution is 2.11. The molecule has 1 aromatic carbocycles. The highest BCUT2D eigenvalue weighted by Gasteiger charge is 2.12. The third-order valence-electron chi connectivity index (χ3n) is 3.40. The Morgan fingerprint density at radius 3 is 2.33 bits per heavy atom. The van der Waals surface area contributed by atoms with E-state index in [1.165, 1.54) is 5.57 Å². The van der Waals surface area contributed by atoms with Gasteiger partial charge in [-0.15, -0.1) is 0 Å². The second-order valence-corrected chi connectivity index (χ2v) is 7.13. The number of benzene rings is 1. The van der Waals surface area contributed by atoms with Crippen LogP contribution in [0.2, 0.25) is 0 Å². The zero-order valence-corrected chi connectivity index (χ0v) is 14.1. The Morgan fingerprint density at radius 1 is 1.14 bits per heavy atom. The van der Waals surface area contributed by atoms with Crippen LogP contribution in [0.15, 0.2) is 52.5 Å². The summed E-state index contributed by atoms with van der Waals surface area (Å²) in [6.45, 7) is 8.36. The van der Waals surface area contributed by atoms with Crippen molar-refractivity contribution in [3.63, 3.8) is 0 Å². The first-order valence-corrected chi connectivity index (χ1v) is 8.67. The first-order chi connectivity index (χ1) is 9.85. The van der Waals surface area contributed by atoms with Gasteiger partial charge >= 0.3 is 0 Å². The van der Waals surface area contributed by atoms with Crippen LogP contribution in [0.4, 0.5) is 0 Å². The van der Waals surface area contributed by atoms with Crippen molar-refractivity contribution in [3.05, 3.63) is 53.1 Å². The molecule has 1 aromatic rings. The predicted molar refractivity (Wildman–Crippen MR) is 88.8 cm³/mol. The molecule has 0 bridgehead atoms. The summed E-state index contributed by atoms with van der Waals surface area (Å²) in [5.41, 5.74) is 3.43. The Labute approximate surface area is 128 Å². The summed E-state index contributed by atoms with van der Waals surface area (Å²) in [6, 6.07) is 6.87. The summed E-state index contributed by atoms with van der Waals surface area (Å²) in [5, 5.41) is 0. The van der Waals surface area contributed by atoms with Crippen molar-refractivity contribution in [2.75, 3.05) is 6.54 Å². The van der Waals surface area contributed by atoms with Crippen LogP contribution in [-0.4, -0.2) is 15.0 Å². The molecule has 0 aliphatic rings. The van der Waals surface area contributed by atoms with E-state index < -0.39 is 10.0 Å². The van der Waals surface area contributed by atoms with Gasteiger partial charge in [-0.1, -0.05) is 41.0 Å². The number of allylic oxidation sites excluding steroid dienone is 3. The molecular weight excluding hydrogens is 282 g/mol. The van der Waals surface area contributed by atoms with Gasteiger partial charge in [-0.2, -0.15) is 0 Å². The Hall–Kier alpha value is -1.39. The van der Waals surface area contributed by atoms with E-state index in [0.29, 0.717) is 11.4 Å².